The molecule has 5 nitrogen and oxygen atoms in total. The Morgan fingerprint density at radius 3 is 2.45 bits per heavy atom. The topological polar surface area (TPSA) is 71.6 Å². The van der Waals surface area contributed by atoms with E-state index in [1.54, 1.807) is 19.4 Å². The van der Waals surface area contributed by atoms with Gasteiger partial charge in [-0.1, -0.05) is 64.3 Å². The molecule has 0 saturated carbocycles. The molecule has 2 atom stereocenters. The fourth-order valence-electron chi connectivity index (χ4n) is 4.49. The Hall–Kier alpha value is -2.70. The van der Waals surface area contributed by atoms with E-state index >= 15 is 0 Å². The van der Waals surface area contributed by atoms with Crippen molar-refractivity contribution in [1.82, 2.24) is 9.88 Å². The van der Waals surface area contributed by atoms with E-state index in [4.69, 9.17) is 17.3 Å². The summed E-state index contributed by atoms with van der Waals surface area (Å²) in [7, 11) is 1.68. The molecule has 0 radical (unpaired) electrons. The number of guanidine groups is 1. The molecular formula is C26H26BrClN4O. The number of fused-ring (bicyclic) bond motifs is 2. The van der Waals surface area contributed by atoms with Crippen LogP contribution < -0.4 is 5.73 Å². The summed E-state index contributed by atoms with van der Waals surface area (Å²) in [5.74, 6) is 0.581. The molecule has 1 spiro atoms. The number of aromatic nitrogens is 1. The van der Waals surface area contributed by atoms with E-state index in [-0.39, 0.29) is 11.9 Å². The second-order valence-electron chi connectivity index (χ2n) is 8.77. The van der Waals surface area contributed by atoms with Gasteiger partial charge in [0.2, 0.25) is 0 Å². The minimum absolute atomic E-state index is 0.0563. The number of nitrogens with two attached hydrogens (primary N) is 1. The van der Waals surface area contributed by atoms with Gasteiger partial charge in [0.25, 0.3) is 5.91 Å². The van der Waals surface area contributed by atoms with E-state index in [9.17, 15) is 4.79 Å². The molecule has 2 aromatic carbocycles. The average molecular weight is 526 g/mol. The molecule has 170 valence electrons. The molecule has 0 bridgehead atoms. The molecule has 0 saturated heterocycles. The van der Waals surface area contributed by atoms with E-state index in [0.29, 0.717) is 17.4 Å². The predicted molar refractivity (Wildman–Crippen MR) is 137 cm³/mol. The SMILES string of the molecule is CC1Cc2ccc(-c3cncc(Cl)c3)cc2C2(C1)N=C(N)N(C)C2=O.Cc1ccc(Br)cc1. The van der Waals surface area contributed by atoms with E-state index in [1.807, 2.05) is 30.3 Å². The van der Waals surface area contributed by atoms with Crippen molar-refractivity contribution in [2.45, 2.75) is 32.2 Å². The summed E-state index contributed by atoms with van der Waals surface area (Å²) in [4.78, 5) is 23.2. The number of aryl methyl sites for hydroxylation is 1. The van der Waals surface area contributed by atoms with Crippen LogP contribution in [0.25, 0.3) is 11.1 Å². The predicted octanol–water partition coefficient (Wildman–Crippen LogP) is 5.72. The highest BCUT2D eigenvalue weighted by molar-refractivity contribution is 9.10. The average Bonchev–Trinajstić information content (AvgIpc) is 3.00. The van der Waals surface area contributed by atoms with Crippen molar-refractivity contribution in [3.8, 4) is 11.1 Å². The molecule has 7 heteroatoms. The van der Waals surface area contributed by atoms with Gasteiger partial charge in [-0.25, -0.2) is 4.99 Å². The first kappa shape index (κ1) is 23.5. The summed E-state index contributed by atoms with van der Waals surface area (Å²) in [5, 5.41) is 0.581. The highest BCUT2D eigenvalue weighted by Gasteiger charge is 2.51. The van der Waals surface area contributed by atoms with Crippen molar-refractivity contribution >= 4 is 39.4 Å². The van der Waals surface area contributed by atoms with Crippen LogP contribution in [0.2, 0.25) is 5.02 Å². The summed E-state index contributed by atoms with van der Waals surface area (Å²) in [6, 6.07) is 16.3. The van der Waals surface area contributed by atoms with E-state index in [2.05, 4.69) is 58.0 Å². The van der Waals surface area contributed by atoms with E-state index in [1.165, 1.54) is 10.5 Å². The third-order valence-corrected chi connectivity index (χ3v) is 6.86. The van der Waals surface area contributed by atoms with Crippen molar-refractivity contribution in [1.29, 1.82) is 0 Å². The van der Waals surface area contributed by atoms with Crippen LogP contribution in [0.3, 0.4) is 0 Å². The van der Waals surface area contributed by atoms with Gasteiger partial charge >= 0.3 is 0 Å². The first-order valence-corrected chi connectivity index (χ1v) is 12.0. The van der Waals surface area contributed by atoms with Crippen LogP contribution in [0, 0.1) is 12.8 Å². The number of hydrogen-bond acceptors (Lipinski definition) is 4. The Labute approximate surface area is 207 Å². The lowest BCUT2D eigenvalue weighted by molar-refractivity contribution is -0.131. The van der Waals surface area contributed by atoms with Gasteiger partial charge in [0.1, 0.15) is 0 Å². The van der Waals surface area contributed by atoms with Crippen molar-refractivity contribution in [2.24, 2.45) is 16.6 Å². The fraction of sp³-hybridized carbons (Fsp3) is 0.269. The maximum Gasteiger partial charge on any atom is 0.261 e. The zero-order valence-corrected chi connectivity index (χ0v) is 21.2. The maximum absolute atomic E-state index is 13.0. The zero-order valence-electron chi connectivity index (χ0n) is 18.8. The van der Waals surface area contributed by atoms with Gasteiger partial charge in [0, 0.05) is 29.5 Å². The van der Waals surface area contributed by atoms with Gasteiger partial charge in [-0.05, 0) is 66.6 Å². The molecule has 5 rings (SSSR count). The summed E-state index contributed by atoms with van der Waals surface area (Å²) in [5.41, 5.74) is 10.3. The standard InChI is InChI=1S/C19H19ClN4O.C7H7Br/c1-11-5-13-4-3-12(14-6-15(20)10-22-9-14)7-16(13)19(8-11)17(25)24(2)18(21)23-19;1-6-2-4-7(8)5-3-6/h3-4,6-7,9-11H,5,8H2,1-2H3,(H2,21,23);2-5H,1H3. The van der Waals surface area contributed by atoms with E-state index in [0.717, 1.165) is 33.1 Å². The first-order chi connectivity index (χ1) is 15.7. The molecule has 1 aliphatic heterocycles. The van der Waals surface area contributed by atoms with Crippen LogP contribution >= 0.6 is 27.5 Å². The summed E-state index contributed by atoms with van der Waals surface area (Å²) >= 11 is 9.42. The fourth-order valence-corrected chi connectivity index (χ4v) is 4.93. The zero-order chi connectivity index (χ0) is 23.8. The Balaban J connectivity index is 0.000000275. The van der Waals surface area contributed by atoms with Gasteiger partial charge in [0.15, 0.2) is 11.5 Å². The van der Waals surface area contributed by atoms with Gasteiger partial charge in [0.05, 0.1) is 5.02 Å². The van der Waals surface area contributed by atoms with Gasteiger partial charge < -0.3 is 5.73 Å². The van der Waals surface area contributed by atoms with Gasteiger partial charge in [-0.3, -0.25) is 14.7 Å². The monoisotopic (exact) mass is 524 g/mol. The minimum atomic E-state index is -0.909. The maximum atomic E-state index is 13.0. The van der Waals surface area contributed by atoms with Crippen LogP contribution in [0.5, 0.6) is 0 Å². The number of benzene rings is 2. The Morgan fingerprint density at radius 1 is 1.12 bits per heavy atom. The van der Waals surface area contributed by atoms with Crippen LogP contribution in [-0.4, -0.2) is 28.8 Å². The van der Waals surface area contributed by atoms with Crippen molar-refractivity contribution in [2.75, 3.05) is 7.05 Å². The number of hydrogen-bond donors (Lipinski definition) is 1. The second kappa shape index (κ2) is 9.27. The number of nitrogens with zero attached hydrogens (tertiary/aromatic N) is 3. The van der Waals surface area contributed by atoms with Crippen molar-refractivity contribution in [3.63, 3.8) is 0 Å². The van der Waals surface area contributed by atoms with Crippen LogP contribution in [0.15, 0.2) is 70.4 Å². The number of carbonyl (C=O) groups is 1. The molecule has 2 heterocycles. The van der Waals surface area contributed by atoms with Crippen LogP contribution in [0.4, 0.5) is 0 Å². The lowest BCUT2D eigenvalue weighted by atomic mass is 9.71. The van der Waals surface area contributed by atoms with Crippen molar-refractivity contribution < 1.29 is 4.79 Å². The highest BCUT2D eigenvalue weighted by atomic mass is 79.9. The molecule has 1 aromatic heterocycles. The molecule has 33 heavy (non-hydrogen) atoms. The molecule has 0 fully saturated rings. The molecule has 3 aromatic rings. The number of rotatable bonds is 1. The largest absolute Gasteiger partial charge is 0.369 e. The Kier molecular flexibility index (Phi) is 6.59. The van der Waals surface area contributed by atoms with Gasteiger partial charge in [-0.2, -0.15) is 0 Å². The quantitative estimate of drug-likeness (QED) is 0.441. The molecular weight excluding hydrogens is 500 g/mol. The number of halogens is 2. The molecule has 2 unspecified atom stereocenters. The first-order valence-electron chi connectivity index (χ1n) is 10.8. The van der Waals surface area contributed by atoms with Crippen molar-refractivity contribution in [3.05, 3.63) is 87.1 Å². The molecule has 2 aliphatic rings. The van der Waals surface area contributed by atoms with Crippen LogP contribution in [-0.2, 0) is 16.8 Å². The second-order valence-corrected chi connectivity index (χ2v) is 10.1. The summed E-state index contributed by atoms with van der Waals surface area (Å²) in [6.45, 7) is 4.23. The molecule has 1 aliphatic carbocycles. The number of amides is 1. The molecule has 2 N–H and O–H groups in total. The van der Waals surface area contributed by atoms with Gasteiger partial charge in [-0.15, -0.1) is 0 Å². The smallest absolute Gasteiger partial charge is 0.261 e. The lowest BCUT2D eigenvalue weighted by Gasteiger charge is -2.35. The number of carbonyl (C=O) groups excluding carboxylic acids is 1. The van der Waals surface area contributed by atoms with Crippen LogP contribution in [0.1, 0.15) is 30.0 Å². The number of aliphatic imine (C=N–C) groups is 1. The number of pyridine rings is 1. The van der Waals surface area contributed by atoms with E-state index < -0.39 is 5.54 Å². The summed E-state index contributed by atoms with van der Waals surface area (Å²) < 4.78 is 1.14. The minimum Gasteiger partial charge on any atom is -0.369 e. The normalized spacial score (nSPS) is 21.4. The third kappa shape index (κ3) is 4.68. The lowest BCUT2D eigenvalue weighted by Crippen LogP contribution is -2.43. The Morgan fingerprint density at radius 2 is 1.85 bits per heavy atom. The number of likely N-dealkylation sites (N-methyl/N-ethyl adjacent to an activating group) is 1. The highest BCUT2D eigenvalue weighted by Crippen LogP contribution is 2.45. The molecule has 1 amide bonds. The Bertz CT molecular complexity index is 1210. The summed E-state index contributed by atoms with van der Waals surface area (Å²) in [6.07, 6.45) is 4.97. The third-order valence-electron chi connectivity index (χ3n) is 6.12.